The Morgan fingerprint density at radius 1 is 1.19 bits per heavy atom. The molecule has 0 spiro atoms. The van der Waals surface area contributed by atoms with Crippen LogP contribution in [0, 0.1) is 0 Å². The van der Waals surface area contributed by atoms with Gasteiger partial charge in [0.2, 0.25) is 15.9 Å². The summed E-state index contributed by atoms with van der Waals surface area (Å²) in [4.78, 5) is 25.0. The molecule has 1 N–H and O–H groups in total. The van der Waals surface area contributed by atoms with E-state index < -0.39 is 10.0 Å². The minimum absolute atomic E-state index is 0.194. The lowest BCUT2D eigenvalue weighted by Gasteiger charge is -2.04. The highest BCUT2D eigenvalue weighted by atomic mass is 32.2. The number of nitrogens with one attached hydrogen (secondary N) is 1. The van der Waals surface area contributed by atoms with Gasteiger partial charge >= 0.3 is 0 Å². The van der Waals surface area contributed by atoms with Crippen LogP contribution in [-0.2, 0) is 14.8 Å². The molecule has 0 saturated heterocycles. The number of fused-ring (bicyclic) bond motifs is 2. The first-order chi connectivity index (χ1) is 12.3. The van der Waals surface area contributed by atoms with Crippen molar-refractivity contribution < 1.29 is 13.2 Å². The average molecular weight is 387 g/mol. The lowest BCUT2D eigenvalue weighted by Crippen LogP contribution is -2.08. The van der Waals surface area contributed by atoms with E-state index in [4.69, 9.17) is 0 Å². The first-order valence-corrected chi connectivity index (χ1v) is 10.2. The Morgan fingerprint density at radius 2 is 2.00 bits per heavy atom. The fraction of sp³-hybridized carbons (Fsp3) is 0.125. The van der Waals surface area contributed by atoms with Crippen LogP contribution in [0.4, 0.5) is 5.13 Å². The molecule has 0 aliphatic rings. The van der Waals surface area contributed by atoms with E-state index in [2.05, 4.69) is 20.3 Å². The highest BCUT2D eigenvalue weighted by Crippen LogP contribution is 2.28. The number of pyridine rings is 2. The molecule has 4 rings (SSSR count). The van der Waals surface area contributed by atoms with Gasteiger partial charge in [0.1, 0.15) is 10.3 Å². The number of carbonyl (C=O) groups excluding carboxylic acids is 1. The van der Waals surface area contributed by atoms with Crippen LogP contribution >= 0.6 is 11.3 Å². The molecule has 0 aliphatic heterocycles. The molecular formula is C16H13N5O3S2. The summed E-state index contributed by atoms with van der Waals surface area (Å²) < 4.78 is 25.0. The van der Waals surface area contributed by atoms with E-state index in [9.17, 15) is 13.2 Å². The number of amides is 1. The summed E-state index contributed by atoms with van der Waals surface area (Å²) in [6.45, 7) is 1.42. The van der Waals surface area contributed by atoms with Gasteiger partial charge < -0.3 is 5.32 Å². The highest BCUT2D eigenvalue weighted by molar-refractivity contribution is 7.89. The number of aromatic nitrogens is 4. The number of carbonyl (C=O) groups is 1. The molecule has 0 bridgehead atoms. The molecule has 4 aromatic rings. The number of anilines is 1. The molecule has 4 aromatic heterocycles. The van der Waals surface area contributed by atoms with Crippen molar-refractivity contribution in [3.05, 3.63) is 36.7 Å². The molecule has 1 amide bonds. The van der Waals surface area contributed by atoms with Gasteiger partial charge in [0, 0.05) is 24.9 Å². The first kappa shape index (κ1) is 16.6. The Bertz CT molecular complexity index is 1270. The van der Waals surface area contributed by atoms with Crippen molar-refractivity contribution >= 4 is 53.8 Å². The number of hydrogen-bond acceptors (Lipinski definition) is 7. The maximum absolute atomic E-state index is 11.9. The number of nitrogens with zero attached hydrogens (tertiary/aromatic N) is 4. The minimum Gasteiger partial charge on any atom is -0.302 e. The molecule has 0 saturated carbocycles. The zero-order valence-electron chi connectivity index (χ0n) is 13.8. The summed E-state index contributed by atoms with van der Waals surface area (Å²) in [5, 5.41) is 3.13. The zero-order valence-corrected chi connectivity index (χ0v) is 15.4. The van der Waals surface area contributed by atoms with E-state index in [1.165, 1.54) is 28.4 Å². The predicted molar refractivity (Wildman–Crippen MR) is 101 cm³/mol. The van der Waals surface area contributed by atoms with Crippen molar-refractivity contribution in [1.29, 1.82) is 0 Å². The van der Waals surface area contributed by atoms with Gasteiger partial charge in [-0.25, -0.2) is 22.4 Å². The second kappa shape index (κ2) is 5.85. The van der Waals surface area contributed by atoms with E-state index in [-0.39, 0.29) is 5.91 Å². The maximum Gasteiger partial charge on any atom is 0.236 e. The summed E-state index contributed by atoms with van der Waals surface area (Å²) >= 11 is 1.27. The van der Waals surface area contributed by atoms with Crippen LogP contribution in [0.1, 0.15) is 6.92 Å². The Morgan fingerprint density at radius 3 is 2.73 bits per heavy atom. The molecule has 0 aromatic carbocycles. The van der Waals surface area contributed by atoms with Gasteiger partial charge in [0.15, 0.2) is 5.13 Å². The number of hydrogen-bond donors (Lipinski definition) is 1. The quantitative estimate of drug-likeness (QED) is 0.579. The molecule has 10 heteroatoms. The smallest absolute Gasteiger partial charge is 0.236 e. The predicted octanol–water partition coefficient (Wildman–Crippen LogP) is 2.47. The minimum atomic E-state index is -3.42. The molecule has 0 aliphatic carbocycles. The topological polar surface area (TPSA) is 107 Å². The van der Waals surface area contributed by atoms with E-state index in [1.807, 2.05) is 0 Å². The monoisotopic (exact) mass is 387 g/mol. The molecule has 0 unspecified atom stereocenters. The molecule has 4 heterocycles. The summed E-state index contributed by atoms with van der Waals surface area (Å²) in [5.74, 6) is -0.194. The van der Waals surface area contributed by atoms with Crippen LogP contribution in [0.5, 0.6) is 0 Å². The van der Waals surface area contributed by atoms with Gasteiger partial charge in [-0.3, -0.25) is 9.78 Å². The molecule has 132 valence electrons. The SMILES string of the molecule is CC(=O)Nc1nc2ccc(-c3cnc4ccn(S(C)(=O)=O)c4c3)nc2s1. The Labute approximate surface area is 152 Å². The van der Waals surface area contributed by atoms with E-state index in [0.717, 1.165) is 6.26 Å². The lowest BCUT2D eigenvalue weighted by atomic mass is 10.2. The Balaban J connectivity index is 1.82. The van der Waals surface area contributed by atoms with Gasteiger partial charge in [-0.1, -0.05) is 11.3 Å². The van der Waals surface area contributed by atoms with Gasteiger partial charge in [0.25, 0.3) is 0 Å². The third-order valence-corrected chi connectivity index (χ3v) is 5.61. The van der Waals surface area contributed by atoms with Crippen LogP contribution in [0.3, 0.4) is 0 Å². The fourth-order valence-corrected chi connectivity index (χ4v) is 4.27. The van der Waals surface area contributed by atoms with Gasteiger partial charge in [-0.15, -0.1) is 0 Å². The van der Waals surface area contributed by atoms with Crippen LogP contribution in [-0.4, -0.2) is 39.5 Å². The van der Waals surface area contributed by atoms with Crippen molar-refractivity contribution in [2.24, 2.45) is 0 Å². The van der Waals surface area contributed by atoms with E-state index in [0.29, 0.717) is 37.8 Å². The van der Waals surface area contributed by atoms with Crippen molar-refractivity contribution in [1.82, 2.24) is 18.9 Å². The number of rotatable bonds is 3. The van der Waals surface area contributed by atoms with E-state index in [1.54, 1.807) is 30.5 Å². The third-order valence-electron chi connectivity index (χ3n) is 3.69. The normalized spacial score (nSPS) is 11.9. The van der Waals surface area contributed by atoms with Gasteiger partial charge in [-0.05, 0) is 24.3 Å². The zero-order chi connectivity index (χ0) is 18.5. The Kier molecular flexibility index (Phi) is 3.74. The molecule has 26 heavy (non-hydrogen) atoms. The van der Waals surface area contributed by atoms with Gasteiger partial charge in [0.05, 0.1) is 23.0 Å². The summed E-state index contributed by atoms with van der Waals surface area (Å²) in [6, 6.07) is 6.99. The largest absolute Gasteiger partial charge is 0.302 e. The molecule has 0 radical (unpaired) electrons. The molecule has 8 nitrogen and oxygen atoms in total. The molecular weight excluding hydrogens is 374 g/mol. The molecule has 0 atom stereocenters. The van der Waals surface area contributed by atoms with Crippen molar-refractivity contribution in [2.45, 2.75) is 6.92 Å². The fourth-order valence-electron chi connectivity index (χ4n) is 2.60. The lowest BCUT2D eigenvalue weighted by molar-refractivity contribution is -0.114. The summed E-state index contributed by atoms with van der Waals surface area (Å²) in [7, 11) is -3.42. The Hall–Kier alpha value is -2.85. The van der Waals surface area contributed by atoms with E-state index >= 15 is 0 Å². The standard InChI is InChI=1S/C16H13N5O3S2/c1-9(22)18-16-20-13-4-3-11(19-15(13)25-16)10-7-14-12(17-8-10)5-6-21(14)26(2,23)24/h3-8H,1-2H3,(H,18,20,22). The van der Waals surface area contributed by atoms with Crippen molar-refractivity contribution in [3.63, 3.8) is 0 Å². The second-order valence-electron chi connectivity index (χ2n) is 5.72. The summed E-state index contributed by atoms with van der Waals surface area (Å²) in [5.41, 5.74) is 3.10. The van der Waals surface area contributed by atoms with Crippen LogP contribution in [0.15, 0.2) is 36.7 Å². The second-order valence-corrected chi connectivity index (χ2v) is 8.56. The number of thiazole rings is 1. The van der Waals surface area contributed by atoms with Crippen LogP contribution in [0.25, 0.3) is 32.6 Å². The third kappa shape index (κ3) is 2.93. The van der Waals surface area contributed by atoms with Gasteiger partial charge in [-0.2, -0.15) is 0 Å². The summed E-state index contributed by atoms with van der Waals surface area (Å²) in [6.07, 6.45) is 4.28. The highest BCUT2D eigenvalue weighted by Gasteiger charge is 2.13. The van der Waals surface area contributed by atoms with Crippen LogP contribution < -0.4 is 5.32 Å². The average Bonchev–Trinajstić information content (AvgIpc) is 3.15. The van der Waals surface area contributed by atoms with Crippen molar-refractivity contribution in [2.75, 3.05) is 11.6 Å². The van der Waals surface area contributed by atoms with Crippen molar-refractivity contribution in [3.8, 4) is 11.3 Å². The first-order valence-electron chi connectivity index (χ1n) is 7.54. The molecule has 0 fully saturated rings. The van der Waals surface area contributed by atoms with Crippen LogP contribution in [0.2, 0.25) is 0 Å². The maximum atomic E-state index is 11.9.